The van der Waals surface area contributed by atoms with E-state index in [0.29, 0.717) is 13.2 Å². The van der Waals surface area contributed by atoms with Gasteiger partial charge in [-0.2, -0.15) is 0 Å². The van der Waals surface area contributed by atoms with Crippen molar-refractivity contribution in [1.82, 2.24) is 5.32 Å². The van der Waals surface area contributed by atoms with Gasteiger partial charge in [0.15, 0.2) is 0 Å². The number of carboxylic acid groups (broad SMARTS) is 4. The summed E-state index contributed by atoms with van der Waals surface area (Å²) in [7, 11) is 0. The summed E-state index contributed by atoms with van der Waals surface area (Å²) in [5, 5.41) is 32.9. The topological polar surface area (TPSA) is 188 Å². The average Bonchev–Trinajstić information content (AvgIpc) is 2.68. The summed E-state index contributed by atoms with van der Waals surface area (Å²) < 4.78 is 4.55. The van der Waals surface area contributed by atoms with Crippen molar-refractivity contribution in [1.29, 1.82) is 0 Å². The number of amides is 1. The molecule has 0 saturated carbocycles. The van der Waals surface area contributed by atoms with E-state index < -0.39 is 30.0 Å². The molecule has 0 spiro atoms. The highest BCUT2D eigenvalue weighted by Gasteiger charge is 1.93. The molecule has 0 aromatic heterocycles. The van der Waals surface area contributed by atoms with Crippen molar-refractivity contribution in [3.05, 3.63) is 63.3 Å². The molecule has 0 aliphatic rings. The van der Waals surface area contributed by atoms with Gasteiger partial charge >= 0.3 is 30.0 Å². The fraction of sp³-hybridized carbons (Fsp3) is 0.167. The highest BCUT2D eigenvalue weighted by molar-refractivity contribution is 5.79. The van der Waals surface area contributed by atoms with E-state index >= 15 is 0 Å². The smallest absolute Gasteiger partial charge is 0.407 e. The summed E-state index contributed by atoms with van der Waals surface area (Å²) in [6.45, 7) is 17.9. The van der Waals surface area contributed by atoms with Crippen molar-refractivity contribution in [3.63, 3.8) is 0 Å². The molecule has 0 rings (SSSR count). The van der Waals surface area contributed by atoms with Gasteiger partial charge in [0.1, 0.15) is 0 Å². The molecule has 0 bridgehead atoms. The van der Waals surface area contributed by atoms with Crippen LogP contribution in [0, 0.1) is 0 Å². The van der Waals surface area contributed by atoms with E-state index in [0.717, 1.165) is 24.3 Å². The molecular formula is C18H27NO10. The zero-order valence-electron chi connectivity index (χ0n) is 16.1. The Balaban J connectivity index is -0.0000000853. The van der Waals surface area contributed by atoms with Crippen LogP contribution in [0.2, 0.25) is 0 Å². The van der Waals surface area contributed by atoms with Crippen molar-refractivity contribution in [2.75, 3.05) is 13.2 Å². The molecule has 0 aromatic rings. The molecule has 0 atom stereocenters. The molecular weight excluding hydrogens is 390 g/mol. The normalized spacial score (nSPS) is 6.93. The highest BCUT2D eigenvalue weighted by Crippen LogP contribution is 1.74. The Bertz CT molecular complexity index is 481. The molecule has 0 aromatic carbocycles. The van der Waals surface area contributed by atoms with E-state index in [1.54, 1.807) is 13.0 Å². The summed E-state index contributed by atoms with van der Waals surface area (Å²) in [5.41, 5.74) is 0. The fourth-order valence-corrected chi connectivity index (χ4v) is 0.338. The lowest BCUT2D eigenvalue weighted by molar-refractivity contribution is -0.132. The van der Waals surface area contributed by atoms with E-state index in [2.05, 4.69) is 42.9 Å². The van der Waals surface area contributed by atoms with Crippen LogP contribution < -0.4 is 5.32 Å². The van der Waals surface area contributed by atoms with Crippen LogP contribution in [0.5, 0.6) is 0 Å². The highest BCUT2D eigenvalue weighted by atomic mass is 16.5. The van der Waals surface area contributed by atoms with Crippen LogP contribution in [0.1, 0.15) is 6.92 Å². The van der Waals surface area contributed by atoms with Crippen LogP contribution in [0.15, 0.2) is 63.3 Å². The van der Waals surface area contributed by atoms with Gasteiger partial charge in [-0.3, -0.25) is 0 Å². The third-order valence-electron chi connectivity index (χ3n) is 1.36. The first-order valence-electron chi connectivity index (χ1n) is 7.32. The molecule has 0 heterocycles. The first kappa shape index (κ1) is 35.9. The summed E-state index contributed by atoms with van der Waals surface area (Å²) in [6.07, 6.45) is 4.54. The third kappa shape index (κ3) is 96.7. The lowest BCUT2D eigenvalue weighted by Crippen LogP contribution is -2.23. The molecule has 0 aliphatic heterocycles. The first-order chi connectivity index (χ1) is 13.4. The Hall–Kier alpha value is -4.15. The second kappa shape index (κ2) is 31.6. The van der Waals surface area contributed by atoms with Gasteiger partial charge in [0.05, 0.1) is 6.61 Å². The number of rotatable bonds is 7. The summed E-state index contributed by atoms with van der Waals surface area (Å²) in [6, 6.07) is 0. The first-order valence-corrected chi connectivity index (χ1v) is 7.32. The van der Waals surface area contributed by atoms with Crippen LogP contribution >= 0.6 is 0 Å². The molecule has 11 nitrogen and oxygen atoms in total. The Kier molecular flexibility index (Phi) is 39.1. The number of carbonyl (C=O) groups excluding carboxylic acids is 1. The quantitative estimate of drug-likeness (QED) is 0.302. The number of hydrogen-bond acceptors (Lipinski definition) is 6. The van der Waals surface area contributed by atoms with Gasteiger partial charge in [0.25, 0.3) is 0 Å². The van der Waals surface area contributed by atoms with Crippen LogP contribution in [-0.4, -0.2) is 63.5 Å². The van der Waals surface area contributed by atoms with E-state index in [9.17, 15) is 24.0 Å². The van der Waals surface area contributed by atoms with E-state index in [1.807, 2.05) is 0 Å². The van der Waals surface area contributed by atoms with Crippen molar-refractivity contribution in [2.24, 2.45) is 0 Å². The minimum Gasteiger partial charge on any atom is -0.478 e. The molecule has 0 unspecified atom stereocenters. The molecule has 5 N–H and O–H groups in total. The molecule has 0 radical (unpaired) electrons. The standard InChI is InChI=1S/C6H11NO2.4C3H4O2/c1-3-5-7-6(8)9-4-2;4*1-2-3(4)5/h3H,1,4-5H2,2H3,(H,7,8);4*2H,1H2,(H,4,5). The maximum atomic E-state index is 10.4. The SMILES string of the molecule is C=CC(=O)O.C=CC(=O)O.C=CC(=O)O.C=CC(=O)O.C=CCNC(=O)OCC. The second-order valence-corrected chi connectivity index (χ2v) is 3.56. The molecule has 29 heavy (non-hydrogen) atoms. The number of carbonyl (C=O) groups is 5. The minimum atomic E-state index is -0.981. The monoisotopic (exact) mass is 417 g/mol. The van der Waals surface area contributed by atoms with E-state index in [1.165, 1.54) is 0 Å². The number of hydrogen-bond donors (Lipinski definition) is 5. The maximum absolute atomic E-state index is 10.4. The Morgan fingerprint density at radius 2 is 0.966 bits per heavy atom. The van der Waals surface area contributed by atoms with Gasteiger partial charge in [-0.25, -0.2) is 24.0 Å². The summed E-state index contributed by atoms with van der Waals surface area (Å²) in [4.78, 5) is 47.4. The Labute approximate surface area is 168 Å². The lowest BCUT2D eigenvalue weighted by Gasteiger charge is -1.99. The van der Waals surface area contributed by atoms with Gasteiger partial charge in [-0.1, -0.05) is 32.4 Å². The van der Waals surface area contributed by atoms with Gasteiger partial charge in [0, 0.05) is 30.8 Å². The average molecular weight is 417 g/mol. The predicted molar refractivity (Wildman–Crippen MR) is 107 cm³/mol. The zero-order valence-corrected chi connectivity index (χ0v) is 16.1. The molecule has 0 saturated heterocycles. The van der Waals surface area contributed by atoms with Gasteiger partial charge in [-0.05, 0) is 6.92 Å². The van der Waals surface area contributed by atoms with E-state index in [-0.39, 0.29) is 0 Å². The van der Waals surface area contributed by atoms with Crippen molar-refractivity contribution < 1.29 is 49.1 Å². The number of carboxylic acids is 4. The number of aliphatic carboxylic acids is 4. The van der Waals surface area contributed by atoms with Crippen molar-refractivity contribution >= 4 is 30.0 Å². The molecule has 0 aliphatic carbocycles. The van der Waals surface area contributed by atoms with E-state index in [4.69, 9.17) is 20.4 Å². The van der Waals surface area contributed by atoms with Crippen molar-refractivity contribution in [3.8, 4) is 0 Å². The minimum absolute atomic E-state index is 0.391. The van der Waals surface area contributed by atoms with Crippen LogP contribution in [0.25, 0.3) is 0 Å². The number of nitrogens with one attached hydrogen (secondary N) is 1. The molecule has 1 amide bonds. The lowest BCUT2D eigenvalue weighted by atomic mass is 10.6. The van der Waals surface area contributed by atoms with Crippen LogP contribution in [0.4, 0.5) is 4.79 Å². The van der Waals surface area contributed by atoms with Crippen LogP contribution in [0.3, 0.4) is 0 Å². The number of ether oxygens (including phenoxy) is 1. The zero-order chi connectivity index (χ0) is 24.3. The molecule has 164 valence electrons. The number of alkyl carbamates (subject to hydrolysis) is 1. The summed E-state index contributed by atoms with van der Waals surface area (Å²) in [5.74, 6) is -3.93. The predicted octanol–water partition coefficient (Wildman–Crippen LogP) is 1.95. The van der Waals surface area contributed by atoms with Crippen molar-refractivity contribution in [2.45, 2.75) is 6.92 Å². The Morgan fingerprint density at radius 1 is 0.724 bits per heavy atom. The van der Waals surface area contributed by atoms with Crippen LogP contribution in [-0.2, 0) is 23.9 Å². The summed E-state index contributed by atoms with van der Waals surface area (Å²) >= 11 is 0. The molecule has 11 heteroatoms. The fourth-order valence-electron chi connectivity index (χ4n) is 0.338. The largest absolute Gasteiger partial charge is 0.478 e. The van der Waals surface area contributed by atoms with Gasteiger partial charge < -0.3 is 30.5 Å². The Morgan fingerprint density at radius 3 is 1.10 bits per heavy atom. The maximum Gasteiger partial charge on any atom is 0.407 e. The molecule has 0 fully saturated rings. The third-order valence-corrected chi connectivity index (χ3v) is 1.36. The second-order valence-electron chi connectivity index (χ2n) is 3.56. The van der Waals surface area contributed by atoms with Gasteiger partial charge in [0.2, 0.25) is 0 Å². The van der Waals surface area contributed by atoms with Gasteiger partial charge in [-0.15, -0.1) is 6.58 Å².